The molecule has 1 rings (SSSR count). The predicted molar refractivity (Wildman–Crippen MR) is 107 cm³/mol. The van der Waals surface area contributed by atoms with Crippen LogP contribution in [0.5, 0.6) is 0 Å². The summed E-state index contributed by atoms with van der Waals surface area (Å²) in [6.07, 6.45) is 2.29. The molecule has 1 aliphatic heterocycles. The quantitative estimate of drug-likeness (QED) is 0.389. The Labute approximate surface area is 164 Å². The van der Waals surface area contributed by atoms with Gasteiger partial charge in [-0.25, -0.2) is 0 Å². The average molecular weight is 404 g/mol. The van der Waals surface area contributed by atoms with Crippen molar-refractivity contribution in [2.45, 2.75) is 66.0 Å². The summed E-state index contributed by atoms with van der Waals surface area (Å²) >= 11 is 0. The summed E-state index contributed by atoms with van der Waals surface area (Å²) in [6.45, 7) is 15.9. The van der Waals surface area contributed by atoms with Gasteiger partial charge >= 0.3 is 7.60 Å². The van der Waals surface area contributed by atoms with E-state index < -0.39 is 13.4 Å². The highest BCUT2D eigenvalue weighted by atomic mass is 31.2. The zero-order valence-electron chi connectivity index (χ0n) is 18.1. The molecule has 27 heavy (non-hydrogen) atoms. The maximum absolute atomic E-state index is 12.5. The van der Waals surface area contributed by atoms with Crippen molar-refractivity contribution in [1.82, 2.24) is 0 Å². The van der Waals surface area contributed by atoms with E-state index in [0.717, 1.165) is 0 Å². The SMILES string of the molecule is C=C[C@H](C)[C@H]1OC(C)(C)O[C@@H]([C@@H](C)C[C@@H](C)C(=O)CP(=O)(OC)OC)[C@H]1C. The molecule has 6 nitrogen and oxygen atoms in total. The van der Waals surface area contributed by atoms with Crippen molar-refractivity contribution in [3.8, 4) is 0 Å². The summed E-state index contributed by atoms with van der Waals surface area (Å²) in [6, 6.07) is 0. The maximum Gasteiger partial charge on any atom is 0.337 e. The highest BCUT2D eigenvalue weighted by Gasteiger charge is 2.44. The van der Waals surface area contributed by atoms with E-state index in [4.69, 9.17) is 18.5 Å². The van der Waals surface area contributed by atoms with Crippen molar-refractivity contribution in [1.29, 1.82) is 0 Å². The molecule has 7 heteroatoms. The van der Waals surface area contributed by atoms with E-state index in [1.54, 1.807) is 0 Å². The molecule has 0 spiro atoms. The van der Waals surface area contributed by atoms with Crippen molar-refractivity contribution in [3.63, 3.8) is 0 Å². The third-order valence-corrected chi connectivity index (χ3v) is 7.32. The van der Waals surface area contributed by atoms with Crippen LogP contribution in [0, 0.1) is 23.7 Å². The van der Waals surface area contributed by atoms with Gasteiger partial charge in [0.15, 0.2) is 5.79 Å². The van der Waals surface area contributed by atoms with Gasteiger partial charge in [-0.05, 0) is 26.2 Å². The molecule has 6 atom stereocenters. The zero-order valence-corrected chi connectivity index (χ0v) is 19.0. The largest absolute Gasteiger partial charge is 0.347 e. The number of hydrogen-bond donors (Lipinski definition) is 0. The summed E-state index contributed by atoms with van der Waals surface area (Å²) in [5.74, 6) is -0.591. The Morgan fingerprint density at radius 1 is 1.19 bits per heavy atom. The Hall–Kier alpha value is -0.520. The minimum absolute atomic E-state index is 0.00640. The maximum atomic E-state index is 12.5. The molecule has 0 N–H and O–H groups in total. The van der Waals surface area contributed by atoms with Gasteiger partial charge in [0.2, 0.25) is 0 Å². The van der Waals surface area contributed by atoms with Crippen LogP contribution in [-0.4, -0.2) is 44.2 Å². The normalized spacial score (nSPS) is 29.0. The molecule has 0 aromatic heterocycles. The van der Waals surface area contributed by atoms with Gasteiger partial charge in [-0.2, -0.15) is 0 Å². The van der Waals surface area contributed by atoms with Crippen molar-refractivity contribution < 1.29 is 27.9 Å². The molecule has 0 radical (unpaired) electrons. The molecule has 1 saturated heterocycles. The standard InChI is InChI=1S/C20H37O6P/c1-10-13(2)18-16(5)19(26-20(6,7)25-18)15(4)11-14(3)17(21)12-27(22,23-8)24-9/h10,13-16,18-19H,1,11-12H2,2-9H3/t13-,14+,15-,16-,18+,19-/m0/s1. The minimum atomic E-state index is -3.34. The van der Waals surface area contributed by atoms with Gasteiger partial charge < -0.3 is 18.5 Å². The minimum Gasteiger partial charge on any atom is -0.347 e. The molecule has 0 unspecified atom stereocenters. The van der Waals surface area contributed by atoms with E-state index in [-0.39, 0.29) is 47.8 Å². The molecule has 0 aliphatic carbocycles. The summed E-state index contributed by atoms with van der Waals surface area (Å²) in [4.78, 5) is 12.5. The van der Waals surface area contributed by atoms with Crippen LogP contribution in [0.4, 0.5) is 0 Å². The Kier molecular flexibility index (Phi) is 8.90. The Morgan fingerprint density at radius 3 is 2.19 bits per heavy atom. The Balaban J connectivity index is 2.84. The second-order valence-corrected chi connectivity index (χ2v) is 10.5. The van der Waals surface area contributed by atoms with Gasteiger partial charge in [0.1, 0.15) is 11.9 Å². The Morgan fingerprint density at radius 2 is 1.70 bits per heavy atom. The van der Waals surface area contributed by atoms with Crippen molar-refractivity contribution >= 4 is 13.4 Å². The van der Waals surface area contributed by atoms with Crippen molar-refractivity contribution in [2.24, 2.45) is 23.7 Å². The summed E-state index contributed by atoms with van der Waals surface area (Å²) in [5.41, 5.74) is 0. The second-order valence-electron chi connectivity index (χ2n) is 8.23. The molecule has 1 aliphatic rings. The molecular weight excluding hydrogens is 367 g/mol. The van der Waals surface area contributed by atoms with Gasteiger partial charge in [-0.15, -0.1) is 6.58 Å². The predicted octanol–water partition coefficient (Wildman–Crippen LogP) is 4.68. The monoisotopic (exact) mass is 404 g/mol. The van der Waals surface area contributed by atoms with Gasteiger partial charge in [0, 0.05) is 32.0 Å². The van der Waals surface area contributed by atoms with Crippen LogP contribution in [-0.2, 0) is 27.9 Å². The number of rotatable bonds is 10. The van der Waals surface area contributed by atoms with Gasteiger partial charge in [0.25, 0.3) is 0 Å². The first-order chi connectivity index (χ1) is 12.4. The first-order valence-electron chi connectivity index (χ1n) is 9.61. The van der Waals surface area contributed by atoms with Crippen LogP contribution < -0.4 is 0 Å². The van der Waals surface area contributed by atoms with E-state index in [1.807, 2.05) is 26.8 Å². The number of hydrogen-bond acceptors (Lipinski definition) is 6. The fourth-order valence-electron chi connectivity index (χ4n) is 3.81. The fourth-order valence-corrected chi connectivity index (χ4v) is 4.91. The van der Waals surface area contributed by atoms with Gasteiger partial charge in [-0.1, -0.05) is 33.8 Å². The fraction of sp³-hybridized carbons (Fsp3) is 0.850. The molecule has 1 fully saturated rings. The second kappa shape index (κ2) is 9.80. The number of ether oxygens (including phenoxy) is 2. The zero-order chi connectivity index (χ0) is 21.0. The molecule has 158 valence electrons. The molecule has 0 bridgehead atoms. The molecule has 0 amide bonds. The lowest BCUT2D eigenvalue weighted by atomic mass is 9.79. The first-order valence-corrected chi connectivity index (χ1v) is 11.3. The van der Waals surface area contributed by atoms with Crippen LogP contribution in [0.25, 0.3) is 0 Å². The summed E-state index contributed by atoms with van der Waals surface area (Å²) in [5, 5.41) is 0. The van der Waals surface area contributed by atoms with Crippen LogP contribution >= 0.6 is 7.60 Å². The first kappa shape index (κ1) is 24.5. The Bertz CT molecular complexity index is 553. The van der Waals surface area contributed by atoms with E-state index in [9.17, 15) is 9.36 Å². The molecule has 0 aromatic carbocycles. The summed E-state index contributed by atoms with van der Waals surface area (Å²) in [7, 11) is -0.745. The summed E-state index contributed by atoms with van der Waals surface area (Å²) < 4.78 is 34.4. The lowest BCUT2D eigenvalue weighted by Gasteiger charge is -2.48. The van der Waals surface area contributed by atoms with Crippen LogP contribution in [0.15, 0.2) is 12.7 Å². The third kappa shape index (κ3) is 6.50. The highest BCUT2D eigenvalue weighted by molar-refractivity contribution is 7.54. The number of carbonyl (C=O) groups is 1. The molecular formula is C20H37O6P. The number of carbonyl (C=O) groups excluding carboxylic acids is 1. The van der Waals surface area contributed by atoms with E-state index in [1.165, 1.54) is 14.2 Å². The van der Waals surface area contributed by atoms with Crippen LogP contribution in [0.1, 0.15) is 48.0 Å². The molecule has 0 aromatic rings. The number of ketones is 1. The van der Waals surface area contributed by atoms with Crippen molar-refractivity contribution in [2.75, 3.05) is 20.4 Å². The van der Waals surface area contributed by atoms with Crippen molar-refractivity contribution in [3.05, 3.63) is 12.7 Å². The van der Waals surface area contributed by atoms with Crippen LogP contribution in [0.2, 0.25) is 0 Å². The molecule has 0 saturated carbocycles. The van der Waals surface area contributed by atoms with E-state index in [2.05, 4.69) is 27.4 Å². The van der Waals surface area contributed by atoms with Gasteiger partial charge in [-0.3, -0.25) is 9.36 Å². The third-order valence-electron chi connectivity index (χ3n) is 5.51. The van der Waals surface area contributed by atoms with E-state index >= 15 is 0 Å². The topological polar surface area (TPSA) is 71.1 Å². The van der Waals surface area contributed by atoms with Gasteiger partial charge in [0.05, 0.1) is 12.2 Å². The van der Waals surface area contributed by atoms with Crippen LogP contribution in [0.3, 0.4) is 0 Å². The lowest BCUT2D eigenvalue weighted by Crippen LogP contribution is -2.54. The average Bonchev–Trinajstić information content (AvgIpc) is 2.62. The van der Waals surface area contributed by atoms with E-state index in [0.29, 0.717) is 6.42 Å². The molecule has 1 heterocycles. The lowest BCUT2D eigenvalue weighted by molar-refractivity contribution is -0.332. The number of Topliss-reactive ketones (excluding diaryl/α,β-unsaturated/α-hetero) is 1. The highest BCUT2D eigenvalue weighted by Crippen LogP contribution is 2.47. The smallest absolute Gasteiger partial charge is 0.337 e.